The number of para-hydroxylation sites is 1. The van der Waals surface area contributed by atoms with Gasteiger partial charge in [-0.15, -0.1) is 0 Å². The van der Waals surface area contributed by atoms with Gasteiger partial charge in [0, 0.05) is 0 Å². The van der Waals surface area contributed by atoms with Crippen LogP contribution in [0.25, 0.3) is 0 Å². The summed E-state index contributed by atoms with van der Waals surface area (Å²) in [7, 11) is 0. The molecule has 2 atom stereocenters. The lowest BCUT2D eigenvalue weighted by atomic mass is 10.0. The number of rotatable bonds is 6. The van der Waals surface area contributed by atoms with Crippen LogP contribution in [0, 0.1) is 5.92 Å². The molecule has 21 heavy (non-hydrogen) atoms. The standard InChI is InChI=1S/C17H25NO3/c1-12(2)13-6-3-4-9-16(13)21-11-10-18-17(20)14-7-5-8-15(14)19/h3-4,6,9,12,14-15,19H,5,7-8,10-11H2,1-2H3,(H,18,20). The number of amides is 1. The van der Waals surface area contributed by atoms with Crippen LogP contribution in [0.4, 0.5) is 0 Å². The number of benzene rings is 1. The number of aliphatic hydroxyl groups is 1. The van der Waals surface area contributed by atoms with Crippen molar-refractivity contribution in [3.63, 3.8) is 0 Å². The van der Waals surface area contributed by atoms with Crippen LogP contribution in [0.3, 0.4) is 0 Å². The van der Waals surface area contributed by atoms with Crippen LogP contribution in [0.2, 0.25) is 0 Å². The lowest BCUT2D eigenvalue weighted by molar-refractivity contribution is -0.127. The smallest absolute Gasteiger partial charge is 0.225 e. The Labute approximate surface area is 126 Å². The first-order chi connectivity index (χ1) is 10.1. The zero-order valence-corrected chi connectivity index (χ0v) is 12.8. The molecule has 0 aromatic heterocycles. The van der Waals surface area contributed by atoms with Gasteiger partial charge < -0.3 is 15.2 Å². The fourth-order valence-electron chi connectivity index (χ4n) is 2.80. The van der Waals surface area contributed by atoms with Crippen LogP contribution in [-0.2, 0) is 4.79 Å². The number of carbonyl (C=O) groups excluding carboxylic acids is 1. The highest BCUT2D eigenvalue weighted by Gasteiger charge is 2.30. The van der Waals surface area contributed by atoms with Crippen LogP contribution in [0.15, 0.2) is 24.3 Å². The van der Waals surface area contributed by atoms with E-state index in [4.69, 9.17) is 4.74 Å². The van der Waals surface area contributed by atoms with Crippen molar-refractivity contribution in [3.05, 3.63) is 29.8 Å². The Hall–Kier alpha value is -1.55. The third-order valence-electron chi connectivity index (χ3n) is 4.02. The van der Waals surface area contributed by atoms with Crippen molar-refractivity contribution < 1.29 is 14.6 Å². The van der Waals surface area contributed by atoms with Crippen molar-refractivity contribution in [2.45, 2.75) is 45.1 Å². The van der Waals surface area contributed by atoms with Gasteiger partial charge in [-0.1, -0.05) is 32.0 Å². The molecule has 1 saturated carbocycles. The Balaban J connectivity index is 1.76. The second-order valence-corrected chi connectivity index (χ2v) is 5.94. The quantitative estimate of drug-likeness (QED) is 0.792. The molecule has 0 heterocycles. The van der Waals surface area contributed by atoms with Crippen molar-refractivity contribution in [2.24, 2.45) is 5.92 Å². The molecule has 1 aromatic rings. The summed E-state index contributed by atoms with van der Waals surface area (Å²) in [5.74, 6) is 0.987. The van der Waals surface area contributed by atoms with Crippen LogP contribution >= 0.6 is 0 Å². The molecule has 0 bridgehead atoms. The molecule has 1 aromatic carbocycles. The Bertz CT molecular complexity index is 473. The highest BCUT2D eigenvalue weighted by atomic mass is 16.5. The van der Waals surface area contributed by atoms with Crippen LogP contribution in [0.5, 0.6) is 5.75 Å². The van der Waals surface area contributed by atoms with Gasteiger partial charge in [0.2, 0.25) is 5.91 Å². The van der Waals surface area contributed by atoms with Crippen LogP contribution in [0.1, 0.15) is 44.6 Å². The highest BCUT2D eigenvalue weighted by Crippen LogP contribution is 2.26. The molecule has 1 aliphatic rings. The topological polar surface area (TPSA) is 58.6 Å². The minimum absolute atomic E-state index is 0.0549. The Kier molecular flexibility index (Phi) is 5.62. The van der Waals surface area contributed by atoms with Gasteiger partial charge in [-0.3, -0.25) is 4.79 Å². The summed E-state index contributed by atoms with van der Waals surface area (Å²) in [4.78, 5) is 11.9. The molecule has 2 unspecified atom stereocenters. The van der Waals surface area contributed by atoms with E-state index in [-0.39, 0.29) is 11.8 Å². The molecular formula is C17H25NO3. The van der Waals surface area contributed by atoms with E-state index in [0.717, 1.165) is 25.0 Å². The molecule has 0 saturated heterocycles. The van der Waals surface area contributed by atoms with E-state index in [1.807, 2.05) is 18.2 Å². The number of hydrogen-bond acceptors (Lipinski definition) is 3. The number of aliphatic hydroxyl groups excluding tert-OH is 1. The van der Waals surface area contributed by atoms with Gasteiger partial charge in [0.05, 0.1) is 18.6 Å². The summed E-state index contributed by atoms with van der Waals surface area (Å²) < 4.78 is 5.76. The summed E-state index contributed by atoms with van der Waals surface area (Å²) in [6.45, 7) is 5.17. The van der Waals surface area contributed by atoms with E-state index in [2.05, 4.69) is 25.2 Å². The Morgan fingerprint density at radius 3 is 2.81 bits per heavy atom. The van der Waals surface area contributed by atoms with E-state index < -0.39 is 6.10 Å². The molecule has 0 aliphatic heterocycles. The van der Waals surface area contributed by atoms with Gasteiger partial charge in [0.25, 0.3) is 0 Å². The lowest BCUT2D eigenvalue weighted by Gasteiger charge is -2.16. The lowest BCUT2D eigenvalue weighted by Crippen LogP contribution is -2.36. The molecule has 2 N–H and O–H groups in total. The van der Waals surface area contributed by atoms with Gasteiger partial charge in [-0.05, 0) is 36.8 Å². The van der Waals surface area contributed by atoms with E-state index in [1.54, 1.807) is 0 Å². The molecule has 1 aliphatic carbocycles. The second-order valence-electron chi connectivity index (χ2n) is 5.94. The van der Waals surface area contributed by atoms with Gasteiger partial charge >= 0.3 is 0 Å². The molecular weight excluding hydrogens is 266 g/mol. The summed E-state index contributed by atoms with van der Waals surface area (Å²) in [6, 6.07) is 7.98. The number of nitrogens with one attached hydrogen (secondary N) is 1. The first-order valence-corrected chi connectivity index (χ1v) is 7.77. The van der Waals surface area contributed by atoms with E-state index >= 15 is 0 Å². The minimum Gasteiger partial charge on any atom is -0.491 e. The maximum atomic E-state index is 11.9. The average Bonchev–Trinajstić information content (AvgIpc) is 2.90. The molecule has 0 spiro atoms. The molecule has 4 nitrogen and oxygen atoms in total. The first-order valence-electron chi connectivity index (χ1n) is 7.77. The van der Waals surface area contributed by atoms with Crippen molar-refractivity contribution in [3.8, 4) is 5.75 Å². The van der Waals surface area contributed by atoms with Gasteiger partial charge in [-0.25, -0.2) is 0 Å². The summed E-state index contributed by atoms with van der Waals surface area (Å²) in [5.41, 5.74) is 1.18. The van der Waals surface area contributed by atoms with E-state index in [1.165, 1.54) is 5.56 Å². The fourth-order valence-corrected chi connectivity index (χ4v) is 2.80. The van der Waals surface area contributed by atoms with Crippen LogP contribution in [-0.4, -0.2) is 30.3 Å². The van der Waals surface area contributed by atoms with E-state index in [9.17, 15) is 9.90 Å². The maximum absolute atomic E-state index is 11.9. The summed E-state index contributed by atoms with van der Waals surface area (Å²) in [6.07, 6.45) is 1.96. The third-order valence-corrected chi connectivity index (χ3v) is 4.02. The fraction of sp³-hybridized carbons (Fsp3) is 0.588. The molecule has 2 rings (SSSR count). The van der Waals surface area contributed by atoms with Gasteiger partial charge in [0.1, 0.15) is 12.4 Å². The average molecular weight is 291 g/mol. The molecule has 1 amide bonds. The largest absolute Gasteiger partial charge is 0.491 e. The maximum Gasteiger partial charge on any atom is 0.225 e. The number of hydrogen-bond donors (Lipinski definition) is 2. The predicted molar refractivity (Wildman–Crippen MR) is 82.4 cm³/mol. The zero-order chi connectivity index (χ0) is 15.2. The molecule has 116 valence electrons. The number of carbonyl (C=O) groups is 1. The minimum atomic E-state index is -0.479. The molecule has 4 heteroatoms. The molecule has 1 fully saturated rings. The monoisotopic (exact) mass is 291 g/mol. The summed E-state index contributed by atoms with van der Waals surface area (Å²) in [5, 5.41) is 12.5. The van der Waals surface area contributed by atoms with Crippen molar-refractivity contribution in [1.82, 2.24) is 5.32 Å². The normalized spacial score (nSPS) is 21.5. The van der Waals surface area contributed by atoms with E-state index in [0.29, 0.717) is 19.1 Å². The second kappa shape index (κ2) is 7.46. The SMILES string of the molecule is CC(C)c1ccccc1OCCNC(=O)C1CCCC1O. The van der Waals surface area contributed by atoms with Crippen LogP contribution < -0.4 is 10.1 Å². The zero-order valence-electron chi connectivity index (χ0n) is 12.8. The Morgan fingerprint density at radius 2 is 2.14 bits per heavy atom. The molecule has 0 radical (unpaired) electrons. The summed E-state index contributed by atoms with van der Waals surface area (Å²) >= 11 is 0. The predicted octanol–water partition coefficient (Wildman–Crippen LogP) is 2.47. The van der Waals surface area contributed by atoms with Gasteiger partial charge in [-0.2, -0.15) is 0 Å². The van der Waals surface area contributed by atoms with Gasteiger partial charge in [0.15, 0.2) is 0 Å². The van der Waals surface area contributed by atoms with Crippen molar-refractivity contribution in [1.29, 1.82) is 0 Å². The van der Waals surface area contributed by atoms with Crippen molar-refractivity contribution >= 4 is 5.91 Å². The highest BCUT2D eigenvalue weighted by molar-refractivity contribution is 5.79. The van der Waals surface area contributed by atoms with Crippen molar-refractivity contribution in [2.75, 3.05) is 13.2 Å². The number of ether oxygens (including phenoxy) is 1. The third kappa shape index (κ3) is 4.21. The Morgan fingerprint density at radius 1 is 1.38 bits per heavy atom. The first kappa shape index (κ1) is 15.8.